The first-order valence-electron chi connectivity index (χ1n) is 7.46. The number of amides is 1. The first-order chi connectivity index (χ1) is 10.1. The fraction of sp³-hybridized carbons (Fsp3) is 0.562. The number of ether oxygens (including phenoxy) is 1. The van der Waals surface area contributed by atoms with Crippen LogP contribution >= 0.6 is 0 Å². The van der Waals surface area contributed by atoms with Crippen LogP contribution in [0.3, 0.4) is 0 Å². The van der Waals surface area contributed by atoms with Crippen LogP contribution in [0.5, 0.6) is 5.75 Å². The van der Waals surface area contributed by atoms with Crippen LogP contribution in [0.2, 0.25) is 0 Å². The molecule has 0 spiro atoms. The zero-order chi connectivity index (χ0) is 15.2. The van der Waals surface area contributed by atoms with Crippen molar-refractivity contribution < 1.29 is 13.9 Å². The summed E-state index contributed by atoms with van der Waals surface area (Å²) in [7, 11) is 0. The van der Waals surface area contributed by atoms with Gasteiger partial charge in [-0.2, -0.15) is 0 Å². The van der Waals surface area contributed by atoms with E-state index in [4.69, 9.17) is 4.74 Å². The Bertz CT molecular complexity index is 487. The number of carbonyl (C=O) groups excluding carboxylic acids is 1. The second kappa shape index (κ2) is 7.41. The minimum absolute atomic E-state index is 0.150. The van der Waals surface area contributed by atoms with E-state index in [1.54, 1.807) is 12.1 Å². The molecule has 1 aromatic carbocycles. The number of rotatable bonds is 8. The Hall–Kier alpha value is -1.62. The van der Waals surface area contributed by atoms with Gasteiger partial charge >= 0.3 is 0 Å². The maximum Gasteiger partial charge on any atom is 0.257 e. The van der Waals surface area contributed by atoms with Gasteiger partial charge in [0.25, 0.3) is 5.91 Å². The molecule has 1 amide bonds. The first-order valence-corrected chi connectivity index (χ1v) is 7.46. The van der Waals surface area contributed by atoms with Crippen molar-refractivity contribution >= 4 is 5.91 Å². The molecule has 2 N–H and O–H groups in total. The molecule has 0 radical (unpaired) electrons. The van der Waals surface area contributed by atoms with Crippen molar-refractivity contribution in [2.24, 2.45) is 5.92 Å². The average Bonchev–Trinajstić information content (AvgIpc) is 3.26. The Balaban J connectivity index is 1.88. The normalized spacial score (nSPS) is 14.3. The smallest absolute Gasteiger partial charge is 0.257 e. The largest absolute Gasteiger partial charge is 0.480 e. The molecule has 1 saturated carbocycles. The lowest BCUT2D eigenvalue weighted by molar-refractivity contribution is -0.123. The third kappa shape index (κ3) is 5.34. The van der Waals surface area contributed by atoms with Crippen LogP contribution in [0, 0.1) is 11.7 Å². The molecule has 0 saturated heterocycles. The van der Waals surface area contributed by atoms with E-state index in [0.29, 0.717) is 25.0 Å². The second-order valence-corrected chi connectivity index (χ2v) is 5.80. The monoisotopic (exact) mass is 294 g/mol. The third-order valence-electron chi connectivity index (χ3n) is 3.38. The van der Waals surface area contributed by atoms with E-state index in [1.807, 2.05) is 13.8 Å². The summed E-state index contributed by atoms with van der Waals surface area (Å²) in [6.07, 6.45) is 2.36. The molecule has 0 bridgehead atoms. The van der Waals surface area contributed by atoms with Gasteiger partial charge in [-0.1, -0.05) is 26.0 Å². The van der Waals surface area contributed by atoms with E-state index in [9.17, 15) is 9.18 Å². The van der Waals surface area contributed by atoms with Crippen LogP contribution in [0.15, 0.2) is 18.2 Å². The zero-order valence-corrected chi connectivity index (χ0v) is 12.6. The Morgan fingerprint density at radius 2 is 2.19 bits per heavy atom. The number of carbonyl (C=O) groups is 1. The third-order valence-corrected chi connectivity index (χ3v) is 3.38. The van der Waals surface area contributed by atoms with Gasteiger partial charge in [-0.15, -0.1) is 0 Å². The fourth-order valence-electron chi connectivity index (χ4n) is 1.94. The molecule has 0 aliphatic heterocycles. The van der Waals surface area contributed by atoms with Crippen molar-refractivity contribution in [1.82, 2.24) is 10.6 Å². The van der Waals surface area contributed by atoms with Crippen LogP contribution in [-0.4, -0.2) is 25.1 Å². The van der Waals surface area contributed by atoms with E-state index in [-0.39, 0.29) is 18.3 Å². The lowest BCUT2D eigenvalue weighted by Crippen LogP contribution is -2.31. The molecule has 0 aromatic heterocycles. The van der Waals surface area contributed by atoms with Gasteiger partial charge in [0, 0.05) is 24.7 Å². The van der Waals surface area contributed by atoms with Gasteiger partial charge < -0.3 is 15.4 Å². The van der Waals surface area contributed by atoms with E-state index in [2.05, 4.69) is 10.6 Å². The molecule has 1 aliphatic carbocycles. The summed E-state index contributed by atoms with van der Waals surface area (Å²) in [5.41, 5.74) is 0.721. The highest BCUT2D eigenvalue weighted by Gasteiger charge is 2.21. The topological polar surface area (TPSA) is 50.4 Å². The molecule has 21 heavy (non-hydrogen) atoms. The summed E-state index contributed by atoms with van der Waals surface area (Å²) in [4.78, 5) is 11.7. The summed E-state index contributed by atoms with van der Waals surface area (Å²) in [6.45, 7) is 5.09. The fourth-order valence-corrected chi connectivity index (χ4v) is 1.94. The highest BCUT2D eigenvalue weighted by atomic mass is 19.1. The maximum atomic E-state index is 13.9. The molecule has 0 unspecified atom stereocenters. The number of para-hydroxylation sites is 1. The lowest BCUT2D eigenvalue weighted by Gasteiger charge is -2.14. The number of hydrogen-bond donors (Lipinski definition) is 2. The number of nitrogens with one attached hydrogen (secondary N) is 2. The highest BCUT2D eigenvalue weighted by Crippen LogP contribution is 2.27. The van der Waals surface area contributed by atoms with Crippen molar-refractivity contribution in [2.45, 2.75) is 39.3 Å². The average molecular weight is 294 g/mol. The minimum Gasteiger partial charge on any atom is -0.480 e. The minimum atomic E-state index is -0.437. The van der Waals surface area contributed by atoms with Gasteiger partial charge in [-0.3, -0.25) is 4.79 Å². The van der Waals surface area contributed by atoms with Crippen molar-refractivity contribution in [3.8, 4) is 5.75 Å². The quantitative estimate of drug-likeness (QED) is 0.773. The van der Waals surface area contributed by atoms with Crippen molar-refractivity contribution in [3.05, 3.63) is 29.6 Å². The van der Waals surface area contributed by atoms with Crippen LogP contribution in [0.25, 0.3) is 0 Å². The summed E-state index contributed by atoms with van der Waals surface area (Å²) in [5.74, 6) is 0.140. The van der Waals surface area contributed by atoms with E-state index < -0.39 is 5.82 Å². The Morgan fingerprint density at radius 3 is 2.86 bits per heavy atom. The van der Waals surface area contributed by atoms with Gasteiger partial charge in [-0.05, 0) is 24.8 Å². The Kier molecular flexibility index (Phi) is 5.56. The molecule has 1 aromatic rings. The van der Waals surface area contributed by atoms with Crippen molar-refractivity contribution in [3.63, 3.8) is 0 Å². The Labute approximate surface area is 125 Å². The zero-order valence-electron chi connectivity index (χ0n) is 12.6. The summed E-state index contributed by atoms with van der Waals surface area (Å²) in [5, 5.41) is 6.02. The predicted octanol–water partition coefficient (Wildman–Crippen LogP) is 2.23. The van der Waals surface area contributed by atoms with E-state index >= 15 is 0 Å². The van der Waals surface area contributed by atoms with Crippen LogP contribution < -0.4 is 15.4 Å². The predicted molar refractivity (Wildman–Crippen MR) is 79.6 cm³/mol. The number of hydrogen-bond acceptors (Lipinski definition) is 3. The van der Waals surface area contributed by atoms with Crippen LogP contribution in [0.1, 0.15) is 32.3 Å². The van der Waals surface area contributed by atoms with E-state index in [0.717, 1.165) is 5.56 Å². The highest BCUT2D eigenvalue weighted by molar-refractivity contribution is 5.77. The number of benzene rings is 1. The molecule has 1 aliphatic rings. The Morgan fingerprint density at radius 1 is 1.43 bits per heavy atom. The van der Waals surface area contributed by atoms with Gasteiger partial charge in [0.05, 0.1) is 0 Å². The second-order valence-electron chi connectivity index (χ2n) is 5.80. The van der Waals surface area contributed by atoms with Gasteiger partial charge in [0.15, 0.2) is 18.2 Å². The standard InChI is InChI=1S/C16H23FN2O2/c1-11(2)18-9-13-4-3-5-14(17)16(13)21-10-15(20)19-8-12-6-7-12/h3-5,11-12,18H,6-10H2,1-2H3,(H,19,20). The lowest BCUT2D eigenvalue weighted by atomic mass is 10.2. The van der Waals surface area contributed by atoms with E-state index in [1.165, 1.54) is 18.9 Å². The summed E-state index contributed by atoms with van der Waals surface area (Å²) >= 11 is 0. The molecule has 4 nitrogen and oxygen atoms in total. The molecule has 0 heterocycles. The summed E-state index contributed by atoms with van der Waals surface area (Å²) in [6, 6.07) is 5.08. The van der Waals surface area contributed by atoms with Crippen LogP contribution in [0.4, 0.5) is 4.39 Å². The molecular weight excluding hydrogens is 271 g/mol. The number of halogens is 1. The van der Waals surface area contributed by atoms with Crippen molar-refractivity contribution in [1.29, 1.82) is 0 Å². The molecule has 116 valence electrons. The maximum absolute atomic E-state index is 13.9. The SMILES string of the molecule is CC(C)NCc1cccc(F)c1OCC(=O)NCC1CC1. The van der Waals surface area contributed by atoms with Gasteiger partial charge in [0.2, 0.25) is 0 Å². The molecule has 1 fully saturated rings. The molecule has 2 rings (SSSR count). The molecule has 0 atom stereocenters. The first kappa shape index (κ1) is 15.8. The van der Waals surface area contributed by atoms with Gasteiger partial charge in [-0.25, -0.2) is 4.39 Å². The molecule has 5 heteroatoms. The van der Waals surface area contributed by atoms with Crippen molar-refractivity contribution in [2.75, 3.05) is 13.2 Å². The van der Waals surface area contributed by atoms with Crippen LogP contribution in [-0.2, 0) is 11.3 Å². The van der Waals surface area contributed by atoms with Gasteiger partial charge in [0.1, 0.15) is 0 Å². The summed E-state index contributed by atoms with van der Waals surface area (Å²) < 4.78 is 19.3. The molecular formula is C16H23FN2O2.